The number of nitriles is 1. The Morgan fingerprint density at radius 1 is 0.491 bits per heavy atom. The maximum atomic E-state index is 9.62. The minimum atomic E-state index is 0.566. The summed E-state index contributed by atoms with van der Waals surface area (Å²) in [6, 6.07) is 63.1. The summed E-state index contributed by atoms with van der Waals surface area (Å²) in [6.45, 7) is 0. The molecule has 4 heterocycles. The number of hydrogen-bond acceptors (Lipinski definition) is 4. The second kappa shape index (κ2) is 12.0. The number of nitrogens with zero attached hydrogens (tertiary/aromatic N) is 5. The summed E-state index contributed by atoms with van der Waals surface area (Å²) < 4.78 is 11.4. The van der Waals surface area contributed by atoms with E-state index in [-0.39, 0.29) is 0 Å². The third-order valence-electron chi connectivity index (χ3n) is 11.3. The number of para-hydroxylation sites is 3. The van der Waals surface area contributed by atoms with Crippen LogP contribution in [0.3, 0.4) is 0 Å². The van der Waals surface area contributed by atoms with Crippen LogP contribution in [0.15, 0.2) is 180 Å². The van der Waals surface area contributed by atoms with Gasteiger partial charge < -0.3 is 8.98 Å². The van der Waals surface area contributed by atoms with Gasteiger partial charge in [0, 0.05) is 38.2 Å². The van der Waals surface area contributed by atoms with Crippen molar-refractivity contribution in [3.63, 3.8) is 0 Å². The van der Waals surface area contributed by atoms with Crippen molar-refractivity contribution in [3.05, 3.63) is 181 Å². The van der Waals surface area contributed by atoms with Crippen molar-refractivity contribution in [1.29, 1.82) is 5.26 Å². The molecule has 0 aliphatic carbocycles. The molecular weight excluding hydrogens is 699 g/mol. The first-order valence-electron chi connectivity index (χ1n) is 19.0. The summed E-state index contributed by atoms with van der Waals surface area (Å²) in [5.41, 5.74) is 11.6. The van der Waals surface area contributed by atoms with Crippen molar-refractivity contribution < 1.29 is 4.42 Å². The molecule has 0 bridgehead atoms. The Morgan fingerprint density at radius 2 is 1.19 bits per heavy atom. The minimum absolute atomic E-state index is 0.566. The van der Waals surface area contributed by atoms with E-state index in [2.05, 4.69) is 155 Å². The fourth-order valence-electron chi connectivity index (χ4n) is 8.80. The number of aromatic nitrogens is 4. The molecule has 0 radical (unpaired) electrons. The lowest BCUT2D eigenvalue weighted by Crippen LogP contribution is -2.03. The predicted octanol–water partition coefficient (Wildman–Crippen LogP) is 12.9. The van der Waals surface area contributed by atoms with Crippen molar-refractivity contribution in [2.75, 3.05) is 0 Å². The first-order valence-corrected chi connectivity index (χ1v) is 19.0. The highest BCUT2D eigenvalue weighted by atomic mass is 16.3. The summed E-state index contributed by atoms with van der Waals surface area (Å²) in [7, 11) is 0. The summed E-state index contributed by atoms with van der Waals surface area (Å²) in [5, 5.41) is 17.3. The van der Waals surface area contributed by atoms with Crippen molar-refractivity contribution >= 4 is 76.5 Å². The van der Waals surface area contributed by atoms with E-state index in [0.717, 1.165) is 82.3 Å². The quantitative estimate of drug-likeness (QED) is 0.181. The zero-order chi connectivity index (χ0) is 37.6. The van der Waals surface area contributed by atoms with E-state index < -0.39 is 0 Å². The van der Waals surface area contributed by atoms with E-state index in [1.807, 2.05) is 36.4 Å². The van der Waals surface area contributed by atoms with E-state index in [1.54, 1.807) is 0 Å². The molecule has 0 amide bonds. The van der Waals surface area contributed by atoms with Crippen LogP contribution in [0, 0.1) is 11.3 Å². The Kier molecular flexibility index (Phi) is 6.60. The highest BCUT2D eigenvalue weighted by Gasteiger charge is 2.24. The third kappa shape index (κ3) is 4.63. The van der Waals surface area contributed by atoms with Gasteiger partial charge in [-0.05, 0) is 88.6 Å². The average molecular weight is 728 g/mol. The van der Waals surface area contributed by atoms with Gasteiger partial charge in [0.2, 0.25) is 5.95 Å². The van der Waals surface area contributed by atoms with Crippen LogP contribution in [0.2, 0.25) is 0 Å². The molecule has 6 heteroatoms. The number of furan rings is 1. The van der Waals surface area contributed by atoms with Crippen LogP contribution in [-0.4, -0.2) is 19.1 Å². The Hall–Kier alpha value is -8.01. The number of fused-ring (bicyclic) bond motifs is 10. The van der Waals surface area contributed by atoms with E-state index in [0.29, 0.717) is 28.4 Å². The number of benzene rings is 8. The van der Waals surface area contributed by atoms with Crippen molar-refractivity contribution in [2.24, 2.45) is 0 Å². The van der Waals surface area contributed by atoms with Crippen molar-refractivity contribution in [3.8, 4) is 40.1 Å². The molecule has 12 aromatic rings. The molecular formula is C51H29N5O. The maximum Gasteiger partial charge on any atom is 0.236 e. The van der Waals surface area contributed by atoms with Gasteiger partial charge in [0.1, 0.15) is 16.8 Å². The van der Waals surface area contributed by atoms with E-state index >= 15 is 0 Å². The molecule has 0 aliphatic rings. The molecule has 4 aromatic heterocycles. The molecule has 264 valence electrons. The topological polar surface area (TPSA) is 72.6 Å². The average Bonchev–Trinajstić information content (AvgIpc) is 3.93. The van der Waals surface area contributed by atoms with Crippen LogP contribution in [0.5, 0.6) is 0 Å². The molecule has 0 unspecified atom stereocenters. The molecule has 0 saturated carbocycles. The lowest BCUT2D eigenvalue weighted by atomic mass is 10.0. The van der Waals surface area contributed by atoms with Gasteiger partial charge in [-0.2, -0.15) is 5.26 Å². The van der Waals surface area contributed by atoms with Gasteiger partial charge in [0.05, 0.1) is 33.7 Å². The maximum absolute atomic E-state index is 9.62. The number of hydrogen-bond donors (Lipinski definition) is 0. The SMILES string of the molecule is N#Cc1cccc(-c2ccc3c(c2)oc2c(-c4cccc5c4c4ccccc4n5-c4ccccc4)nc(-n4c5ccccc5c5cc6ccccc6cc54)nc23)c1. The Labute approximate surface area is 325 Å². The second-order valence-electron chi connectivity index (χ2n) is 14.5. The highest BCUT2D eigenvalue weighted by molar-refractivity contribution is 6.19. The highest BCUT2D eigenvalue weighted by Crippen LogP contribution is 2.43. The normalized spacial score (nSPS) is 11.8. The largest absolute Gasteiger partial charge is 0.452 e. The molecule has 0 N–H and O–H groups in total. The van der Waals surface area contributed by atoms with Gasteiger partial charge in [0.15, 0.2) is 5.58 Å². The molecule has 0 atom stereocenters. The molecule has 0 fully saturated rings. The lowest BCUT2D eigenvalue weighted by Gasteiger charge is -2.11. The second-order valence-corrected chi connectivity index (χ2v) is 14.5. The lowest BCUT2D eigenvalue weighted by molar-refractivity contribution is 0.667. The van der Waals surface area contributed by atoms with Gasteiger partial charge in [0.25, 0.3) is 0 Å². The van der Waals surface area contributed by atoms with Gasteiger partial charge >= 0.3 is 0 Å². The fourth-order valence-corrected chi connectivity index (χ4v) is 8.80. The summed E-state index contributed by atoms with van der Waals surface area (Å²) >= 11 is 0. The first kappa shape index (κ1) is 31.4. The van der Waals surface area contributed by atoms with Crippen molar-refractivity contribution in [1.82, 2.24) is 19.1 Å². The van der Waals surface area contributed by atoms with Crippen LogP contribution in [0.25, 0.3) is 110 Å². The Morgan fingerprint density at radius 3 is 2.04 bits per heavy atom. The van der Waals surface area contributed by atoms with Crippen LogP contribution in [-0.2, 0) is 0 Å². The van der Waals surface area contributed by atoms with Crippen LogP contribution in [0.4, 0.5) is 0 Å². The van der Waals surface area contributed by atoms with Crippen LogP contribution < -0.4 is 0 Å². The summed E-state index contributed by atoms with van der Waals surface area (Å²) in [4.78, 5) is 11.0. The molecule has 0 spiro atoms. The fraction of sp³-hybridized carbons (Fsp3) is 0. The van der Waals surface area contributed by atoms with Gasteiger partial charge in [-0.3, -0.25) is 4.57 Å². The van der Waals surface area contributed by atoms with Crippen LogP contribution >= 0.6 is 0 Å². The van der Waals surface area contributed by atoms with Crippen LogP contribution in [0.1, 0.15) is 5.56 Å². The third-order valence-corrected chi connectivity index (χ3v) is 11.3. The monoisotopic (exact) mass is 727 g/mol. The molecule has 0 aliphatic heterocycles. The Balaban J connectivity index is 1.21. The van der Waals surface area contributed by atoms with E-state index in [1.165, 1.54) is 5.39 Å². The predicted molar refractivity (Wildman–Crippen MR) is 231 cm³/mol. The van der Waals surface area contributed by atoms with Crippen molar-refractivity contribution in [2.45, 2.75) is 0 Å². The smallest absolute Gasteiger partial charge is 0.236 e. The molecule has 8 aromatic carbocycles. The Bertz CT molecular complexity index is 3660. The molecule has 12 rings (SSSR count). The summed E-state index contributed by atoms with van der Waals surface area (Å²) in [5.74, 6) is 0.566. The first-order chi connectivity index (χ1) is 28.2. The molecule has 0 saturated heterocycles. The van der Waals surface area contributed by atoms with Gasteiger partial charge in [-0.15, -0.1) is 0 Å². The molecule has 57 heavy (non-hydrogen) atoms. The van der Waals surface area contributed by atoms with Gasteiger partial charge in [-0.1, -0.05) is 109 Å². The zero-order valence-electron chi connectivity index (χ0n) is 30.4. The zero-order valence-corrected chi connectivity index (χ0v) is 30.4. The number of rotatable bonds is 4. The summed E-state index contributed by atoms with van der Waals surface area (Å²) in [6.07, 6.45) is 0. The minimum Gasteiger partial charge on any atom is -0.452 e. The van der Waals surface area contributed by atoms with Gasteiger partial charge in [-0.25, -0.2) is 9.97 Å². The van der Waals surface area contributed by atoms with E-state index in [9.17, 15) is 5.26 Å². The van der Waals surface area contributed by atoms with E-state index in [4.69, 9.17) is 14.4 Å². The molecule has 6 nitrogen and oxygen atoms in total. The standard InChI is InChI=1S/C51H29N5O/c52-30-31-12-10-15-32(26-31)35-24-25-39-46(29-35)57-50-48(39)53-51(56-42-21-8-6-18-37(42)41-27-33-13-4-5-14-34(33)28-45(41)56)54-49(50)40-20-11-23-44-47(40)38-19-7-9-22-43(38)55(44)36-16-2-1-3-17-36/h1-29H.